The lowest BCUT2D eigenvalue weighted by atomic mass is 10.2. The molecule has 0 aliphatic heterocycles. The molecular weight excluding hydrogens is 300 g/mol. The van der Waals surface area contributed by atoms with Gasteiger partial charge in [0.25, 0.3) is 0 Å². The van der Waals surface area contributed by atoms with Crippen LogP contribution < -0.4 is 20.7 Å². The molecule has 1 atom stereocenters. The van der Waals surface area contributed by atoms with Crippen molar-refractivity contribution in [3.8, 4) is 11.8 Å². The number of methoxy groups -OCH3 is 1. The highest BCUT2D eigenvalue weighted by Crippen LogP contribution is 2.17. The van der Waals surface area contributed by atoms with Gasteiger partial charge in [0.1, 0.15) is 25.2 Å². The first-order valence-electron chi connectivity index (χ1n) is 7.14. The standard InChI is InChI=1S/C15H22N4O4/c1-3-17-9-15(21,19-14(20)18-11-22-2)10-23-13-7-5-4-6-12(13)8-16/h4-7,17,21H,3,9-11H2,1-2H3,(H2,18,19,20). The van der Waals surface area contributed by atoms with Crippen LogP contribution in [0.25, 0.3) is 0 Å². The van der Waals surface area contributed by atoms with E-state index in [-0.39, 0.29) is 19.9 Å². The molecule has 8 nitrogen and oxygen atoms in total. The number of benzene rings is 1. The maximum absolute atomic E-state index is 11.7. The highest BCUT2D eigenvalue weighted by molar-refractivity contribution is 5.74. The van der Waals surface area contributed by atoms with E-state index in [0.717, 1.165) is 0 Å². The largest absolute Gasteiger partial charge is 0.487 e. The summed E-state index contributed by atoms with van der Waals surface area (Å²) in [6, 6.07) is 8.08. The smallest absolute Gasteiger partial charge is 0.318 e. The Bertz CT molecular complexity index is 547. The Hall–Kier alpha value is -2.34. The molecule has 0 radical (unpaired) electrons. The zero-order valence-electron chi connectivity index (χ0n) is 13.3. The summed E-state index contributed by atoms with van der Waals surface area (Å²) in [4.78, 5) is 11.7. The van der Waals surface area contributed by atoms with E-state index in [1.54, 1.807) is 24.3 Å². The molecule has 23 heavy (non-hydrogen) atoms. The van der Waals surface area contributed by atoms with Crippen LogP contribution in [0.2, 0.25) is 0 Å². The molecule has 126 valence electrons. The molecule has 2 amide bonds. The Morgan fingerprint density at radius 1 is 1.43 bits per heavy atom. The van der Waals surface area contributed by atoms with Crippen LogP contribution >= 0.6 is 0 Å². The number of urea groups is 1. The maximum atomic E-state index is 11.7. The summed E-state index contributed by atoms with van der Waals surface area (Å²) in [5, 5.41) is 27.4. The van der Waals surface area contributed by atoms with Gasteiger partial charge in [-0.05, 0) is 18.7 Å². The van der Waals surface area contributed by atoms with Gasteiger partial charge in [-0.15, -0.1) is 0 Å². The third-order valence-electron chi connectivity index (χ3n) is 2.86. The number of nitriles is 1. The number of hydrogen-bond donors (Lipinski definition) is 4. The number of para-hydroxylation sites is 1. The minimum absolute atomic E-state index is 0.0151. The fourth-order valence-corrected chi connectivity index (χ4v) is 1.74. The van der Waals surface area contributed by atoms with Crippen LogP contribution in [0.5, 0.6) is 5.75 Å². The summed E-state index contributed by atoms with van der Waals surface area (Å²) in [6.07, 6.45) is 0. The third-order valence-corrected chi connectivity index (χ3v) is 2.86. The second-order valence-electron chi connectivity index (χ2n) is 4.77. The van der Waals surface area contributed by atoms with Crippen LogP contribution in [-0.2, 0) is 4.74 Å². The average Bonchev–Trinajstić information content (AvgIpc) is 2.56. The fraction of sp³-hybridized carbons (Fsp3) is 0.467. The first-order chi connectivity index (χ1) is 11.0. The van der Waals surface area contributed by atoms with E-state index in [2.05, 4.69) is 16.0 Å². The zero-order valence-corrected chi connectivity index (χ0v) is 13.3. The average molecular weight is 322 g/mol. The van der Waals surface area contributed by atoms with Gasteiger partial charge in [-0.25, -0.2) is 4.79 Å². The van der Waals surface area contributed by atoms with Gasteiger partial charge in [0.2, 0.25) is 0 Å². The predicted molar refractivity (Wildman–Crippen MR) is 83.7 cm³/mol. The Morgan fingerprint density at radius 3 is 2.83 bits per heavy atom. The molecule has 0 heterocycles. The minimum Gasteiger partial charge on any atom is -0.487 e. The summed E-state index contributed by atoms with van der Waals surface area (Å²) < 4.78 is 10.2. The summed E-state index contributed by atoms with van der Waals surface area (Å²) in [5.41, 5.74) is -1.29. The van der Waals surface area contributed by atoms with Crippen molar-refractivity contribution in [1.29, 1.82) is 5.26 Å². The lowest BCUT2D eigenvalue weighted by Gasteiger charge is -2.29. The number of hydrogen-bond acceptors (Lipinski definition) is 6. The lowest BCUT2D eigenvalue weighted by Crippen LogP contribution is -2.60. The summed E-state index contributed by atoms with van der Waals surface area (Å²) in [7, 11) is 1.44. The fourth-order valence-electron chi connectivity index (χ4n) is 1.74. The zero-order chi connectivity index (χ0) is 17.1. The minimum atomic E-state index is -1.64. The number of aliphatic hydroxyl groups is 1. The Kier molecular flexibility index (Phi) is 7.83. The highest BCUT2D eigenvalue weighted by atomic mass is 16.5. The van der Waals surface area contributed by atoms with Crippen molar-refractivity contribution in [2.45, 2.75) is 12.6 Å². The Labute approximate surface area is 135 Å². The second kappa shape index (κ2) is 9.63. The van der Waals surface area contributed by atoms with Crippen LogP contribution in [0, 0.1) is 11.3 Å². The number of nitrogens with zero attached hydrogens (tertiary/aromatic N) is 1. The van der Waals surface area contributed by atoms with Gasteiger partial charge in [0.05, 0.1) is 5.56 Å². The quantitative estimate of drug-likeness (QED) is 0.481. The molecule has 1 aromatic carbocycles. The number of amides is 2. The van der Waals surface area contributed by atoms with Gasteiger partial charge in [-0.3, -0.25) is 0 Å². The van der Waals surface area contributed by atoms with E-state index in [1.807, 2.05) is 13.0 Å². The first-order valence-corrected chi connectivity index (χ1v) is 7.14. The molecule has 1 rings (SSSR count). The molecule has 0 fully saturated rings. The topological polar surface area (TPSA) is 116 Å². The number of carbonyl (C=O) groups excluding carboxylic acids is 1. The second-order valence-corrected chi connectivity index (χ2v) is 4.77. The monoisotopic (exact) mass is 322 g/mol. The molecular formula is C15H22N4O4. The molecule has 8 heteroatoms. The number of ether oxygens (including phenoxy) is 2. The van der Waals surface area contributed by atoms with E-state index in [0.29, 0.717) is 17.9 Å². The third kappa shape index (κ3) is 6.52. The van der Waals surface area contributed by atoms with Crippen molar-refractivity contribution in [2.24, 2.45) is 0 Å². The molecule has 0 aromatic heterocycles. The summed E-state index contributed by atoms with van der Waals surface area (Å²) in [6.45, 7) is 2.36. The maximum Gasteiger partial charge on any atom is 0.318 e. The summed E-state index contributed by atoms with van der Waals surface area (Å²) >= 11 is 0. The normalized spacial score (nSPS) is 12.8. The molecule has 0 bridgehead atoms. The van der Waals surface area contributed by atoms with Gasteiger partial charge >= 0.3 is 6.03 Å². The van der Waals surface area contributed by atoms with Gasteiger partial charge < -0.3 is 30.5 Å². The molecule has 0 saturated heterocycles. The number of rotatable bonds is 9. The van der Waals surface area contributed by atoms with Crippen LogP contribution in [0.4, 0.5) is 4.79 Å². The number of carbonyl (C=O) groups is 1. The Balaban J connectivity index is 2.73. The van der Waals surface area contributed by atoms with Crippen molar-refractivity contribution in [2.75, 3.05) is 33.5 Å². The Morgan fingerprint density at radius 2 is 2.17 bits per heavy atom. The van der Waals surface area contributed by atoms with Crippen LogP contribution in [0.15, 0.2) is 24.3 Å². The van der Waals surface area contributed by atoms with E-state index in [1.165, 1.54) is 7.11 Å². The first kappa shape index (κ1) is 18.7. The molecule has 0 saturated carbocycles. The SMILES string of the molecule is CCNCC(O)(COc1ccccc1C#N)NC(=O)NCOC. The molecule has 0 spiro atoms. The molecule has 0 aliphatic rings. The van der Waals surface area contributed by atoms with Crippen LogP contribution in [0.3, 0.4) is 0 Å². The van der Waals surface area contributed by atoms with Crippen molar-refractivity contribution < 1.29 is 19.4 Å². The van der Waals surface area contributed by atoms with E-state index in [9.17, 15) is 9.90 Å². The van der Waals surface area contributed by atoms with Crippen molar-refractivity contribution in [3.05, 3.63) is 29.8 Å². The van der Waals surface area contributed by atoms with Crippen LogP contribution in [0.1, 0.15) is 12.5 Å². The van der Waals surface area contributed by atoms with Crippen molar-refractivity contribution in [1.82, 2.24) is 16.0 Å². The van der Waals surface area contributed by atoms with Crippen molar-refractivity contribution in [3.63, 3.8) is 0 Å². The van der Waals surface area contributed by atoms with Crippen LogP contribution in [-0.4, -0.2) is 50.4 Å². The number of likely N-dealkylation sites (N-methyl/N-ethyl adjacent to an activating group) is 1. The van der Waals surface area contributed by atoms with Gasteiger partial charge in [-0.2, -0.15) is 5.26 Å². The lowest BCUT2D eigenvalue weighted by molar-refractivity contribution is -0.0231. The summed E-state index contributed by atoms with van der Waals surface area (Å²) in [5.74, 6) is 0.337. The predicted octanol–water partition coefficient (Wildman–Crippen LogP) is 0.138. The van der Waals surface area contributed by atoms with Gasteiger partial charge in [-0.1, -0.05) is 19.1 Å². The molecule has 1 unspecified atom stereocenters. The molecule has 4 N–H and O–H groups in total. The van der Waals surface area contributed by atoms with Gasteiger partial charge in [0.15, 0.2) is 5.72 Å². The van der Waals surface area contributed by atoms with E-state index in [4.69, 9.17) is 14.7 Å². The van der Waals surface area contributed by atoms with Crippen molar-refractivity contribution >= 4 is 6.03 Å². The molecule has 0 aliphatic carbocycles. The highest BCUT2D eigenvalue weighted by Gasteiger charge is 2.30. The van der Waals surface area contributed by atoms with E-state index >= 15 is 0 Å². The molecule has 1 aromatic rings. The van der Waals surface area contributed by atoms with Gasteiger partial charge in [0, 0.05) is 13.7 Å². The number of nitrogens with one attached hydrogen (secondary N) is 3. The van der Waals surface area contributed by atoms with E-state index < -0.39 is 11.8 Å².